The van der Waals surface area contributed by atoms with E-state index < -0.39 is 0 Å². The van der Waals surface area contributed by atoms with Gasteiger partial charge in [0.25, 0.3) is 0 Å². The van der Waals surface area contributed by atoms with Crippen LogP contribution in [0.15, 0.2) is 27.4 Å². The van der Waals surface area contributed by atoms with Crippen LogP contribution < -0.4 is 5.63 Å². The molecule has 1 aliphatic carbocycles. The van der Waals surface area contributed by atoms with Crippen molar-refractivity contribution in [1.82, 2.24) is 0 Å². The summed E-state index contributed by atoms with van der Waals surface area (Å²) < 4.78 is 5.51. The van der Waals surface area contributed by atoms with Gasteiger partial charge in [0, 0.05) is 17.4 Å². The van der Waals surface area contributed by atoms with Gasteiger partial charge in [-0.25, -0.2) is 14.6 Å². The Hall–Kier alpha value is -1.65. The van der Waals surface area contributed by atoms with Crippen molar-refractivity contribution in [3.63, 3.8) is 0 Å². The van der Waals surface area contributed by atoms with Gasteiger partial charge >= 0.3 is 5.63 Å². The Bertz CT molecular complexity index is 712. The van der Waals surface area contributed by atoms with E-state index in [-0.39, 0.29) is 11.7 Å². The molecule has 0 amide bonds. The molecule has 0 bridgehead atoms. The number of aryl methyl sites for hydroxylation is 1. The maximum atomic E-state index is 12.1. The third-order valence-electron chi connectivity index (χ3n) is 4.21. The van der Waals surface area contributed by atoms with Crippen molar-refractivity contribution < 1.29 is 14.2 Å². The smallest absolute Gasteiger partial charge is 0.339 e. The first kappa shape index (κ1) is 12.1. The fourth-order valence-electron chi connectivity index (χ4n) is 3.14. The van der Waals surface area contributed by atoms with Gasteiger partial charge in [0.15, 0.2) is 0 Å². The van der Waals surface area contributed by atoms with E-state index in [4.69, 9.17) is 14.2 Å². The molecule has 1 atom stereocenters. The first-order chi connectivity index (χ1) is 9.81. The number of fused-ring (bicyclic) bond motifs is 3. The van der Waals surface area contributed by atoms with Gasteiger partial charge in [-0.3, -0.25) is 0 Å². The first-order valence-corrected chi connectivity index (χ1v) is 7.17. The van der Waals surface area contributed by atoms with Crippen LogP contribution in [0.4, 0.5) is 0 Å². The average Bonchev–Trinajstić information content (AvgIpc) is 2.43. The highest BCUT2D eigenvalue weighted by atomic mass is 17.2. The van der Waals surface area contributed by atoms with Crippen molar-refractivity contribution in [1.29, 1.82) is 0 Å². The molecule has 1 unspecified atom stereocenters. The largest absolute Gasteiger partial charge is 0.423 e. The summed E-state index contributed by atoms with van der Waals surface area (Å²) in [4.78, 5) is 21.8. The molecule has 1 aromatic heterocycles. The SMILES string of the molecule is O=c1oc2cc(CC3COO3)ccc2c2c1CCCC2. The predicted octanol–water partition coefficient (Wildman–Crippen LogP) is 2.54. The minimum atomic E-state index is -0.160. The van der Waals surface area contributed by atoms with E-state index in [1.807, 2.05) is 6.07 Å². The summed E-state index contributed by atoms with van der Waals surface area (Å²) in [5, 5.41) is 1.09. The van der Waals surface area contributed by atoms with E-state index in [0.717, 1.165) is 48.6 Å². The lowest BCUT2D eigenvalue weighted by molar-refractivity contribution is -0.423. The maximum absolute atomic E-state index is 12.1. The summed E-state index contributed by atoms with van der Waals surface area (Å²) in [6, 6.07) is 6.14. The predicted molar refractivity (Wildman–Crippen MR) is 73.7 cm³/mol. The van der Waals surface area contributed by atoms with Gasteiger partial charge < -0.3 is 4.42 Å². The highest BCUT2D eigenvalue weighted by molar-refractivity contribution is 5.82. The monoisotopic (exact) mass is 272 g/mol. The summed E-state index contributed by atoms with van der Waals surface area (Å²) in [7, 11) is 0. The van der Waals surface area contributed by atoms with Crippen molar-refractivity contribution in [2.45, 2.75) is 38.2 Å². The molecule has 2 heterocycles. The van der Waals surface area contributed by atoms with Crippen LogP contribution >= 0.6 is 0 Å². The molecular weight excluding hydrogens is 256 g/mol. The topological polar surface area (TPSA) is 48.7 Å². The van der Waals surface area contributed by atoms with Crippen molar-refractivity contribution in [2.75, 3.05) is 6.61 Å². The highest BCUT2D eigenvalue weighted by Gasteiger charge is 2.22. The third kappa shape index (κ3) is 1.96. The Labute approximate surface area is 116 Å². The summed E-state index contributed by atoms with van der Waals surface area (Å²) in [5.41, 5.74) is 3.73. The molecule has 0 spiro atoms. The Morgan fingerprint density at radius 1 is 1.15 bits per heavy atom. The molecule has 1 aromatic carbocycles. The molecule has 104 valence electrons. The highest BCUT2D eigenvalue weighted by Crippen LogP contribution is 2.28. The molecule has 0 radical (unpaired) electrons. The van der Waals surface area contributed by atoms with Crippen LogP contribution in [0, 0.1) is 0 Å². The Kier molecular flexibility index (Phi) is 2.86. The van der Waals surface area contributed by atoms with Crippen LogP contribution in [0.25, 0.3) is 11.0 Å². The lowest BCUT2D eigenvalue weighted by Crippen LogP contribution is -2.32. The van der Waals surface area contributed by atoms with Crippen LogP contribution in [-0.4, -0.2) is 12.7 Å². The number of hydrogen-bond acceptors (Lipinski definition) is 4. The average molecular weight is 272 g/mol. The van der Waals surface area contributed by atoms with Gasteiger partial charge in [-0.15, -0.1) is 0 Å². The molecule has 1 aliphatic heterocycles. The van der Waals surface area contributed by atoms with Gasteiger partial charge in [-0.2, -0.15) is 0 Å². The lowest BCUT2D eigenvalue weighted by Gasteiger charge is -2.24. The molecule has 2 aliphatic rings. The molecule has 0 N–H and O–H groups in total. The molecule has 4 nitrogen and oxygen atoms in total. The van der Waals surface area contributed by atoms with E-state index in [1.165, 1.54) is 5.56 Å². The number of hydrogen-bond donors (Lipinski definition) is 0. The fourth-order valence-corrected chi connectivity index (χ4v) is 3.14. The fraction of sp³-hybridized carbons (Fsp3) is 0.438. The van der Waals surface area contributed by atoms with Crippen LogP contribution in [-0.2, 0) is 29.0 Å². The summed E-state index contributed by atoms with van der Waals surface area (Å²) in [5.74, 6) is 0. The van der Waals surface area contributed by atoms with E-state index >= 15 is 0 Å². The van der Waals surface area contributed by atoms with Gasteiger partial charge in [-0.1, -0.05) is 12.1 Å². The molecule has 0 saturated carbocycles. The van der Waals surface area contributed by atoms with Crippen LogP contribution in [0.3, 0.4) is 0 Å². The van der Waals surface area contributed by atoms with Crippen LogP contribution in [0.1, 0.15) is 29.5 Å². The Balaban J connectivity index is 1.80. The molecule has 1 fully saturated rings. The summed E-state index contributed by atoms with van der Waals surface area (Å²) >= 11 is 0. The second-order valence-electron chi connectivity index (χ2n) is 5.59. The van der Waals surface area contributed by atoms with Crippen LogP contribution in [0.2, 0.25) is 0 Å². The second-order valence-corrected chi connectivity index (χ2v) is 5.59. The van der Waals surface area contributed by atoms with E-state index in [0.29, 0.717) is 12.2 Å². The van der Waals surface area contributed by atoms with E-state index in [9.17, 15) is 4.79 Å². The van der Waals surface area contributed by atoms with E-state index in [1.54, 1.807) is 0 Å². The van der Waals surface area contributed by atoms with Crippen LogP contribution in [0.5, 0.6) is 0 Å². The Morgan fingerprint density at radius 2 is 1.95 bits per heavy atom. The molecule has 4 rings (SSSR count). The van der Waals surface area contributed by atoms with Crippen molar-refractivity contribution in [3.8, 4) is 0 Å². The minimum Gasteiger partial charge on any atom is -0.423 e. The second kappa shape index (κ2) is 4.72. The molecule has 2 aromatic rings. The zero-order valence-corrected chi connectivity index (χ0v) is 11.2. The first-order valence-electron chi connectivity index (χ1n) is 7.17. The standard InChI is InChI=1S/C16H16O4/c17-16-14-4-2-1-3-12(14)13-6-5-10(8-15(13)19-16)7-11-9-18-20-11/h5-6,8,11H,1-4,7,9H2. The zero-order chi connectivity index (χ0) is 13.5. The van der Waals surface area contributed by atoms with E-state index in [2.05, 4.69) is 12.1 Å². The van der Waals surface area contributed by atoms with Gasteiger partial charge in [0.2, 0.25) is 0 Å². The van der Waals surface area contributed by atoms with Gasteiger partial charge in [0.1, 0.15) is 18.3 Å². The molecule has 20 heavy (non-hydrogen) atoms. The number of rotatable bonds is 2. The van der Waals surface area contributed by atoms with Gasteiger partial charge in [-0.05, 0) is 42.9 Å². The zero-order valence-electron chi connectivity index (χ0n) is 11.2. The maximum Gasteiger partial charge on any atom is 0.339 e. The molecule has 1 saturated heterocycles. The molecular formula is C16H16O4. The lowest BCUT2D eigenvalue weighted by atomic mass is 9.90. The van der Waals surface area contributed by atoms with Gasteiger partial charge in [0.05, 0.1) is 0 Å². The summed E-state index contributed by atoms with van der Waals surface area (Å²) in [6.07, 6.45) is 4.98. The number of benzene rings is 1. The third-order valence-corrected chi connectivity index (χ3v) is 4.21. The molecule has 4 heteroatoms. The minimum absolute atomic E-state index is 0.122. The normalized spacial score (nSPS) is 21.5. The van der Waals surface area contributed by atoms with Crippen molar-refractivity contribution >= 4 is 11.0 Å². The summed E-state index contributed by atoms with van der Waals surface area (Å²) in [6.45, 7) is 0.631. The Morgan fingerprint density at radius 3 is 2.70 bits per heavy atom. The quantitative estimate of drug-likeness (QED) is 0.622. The van der Waals surface area contributed by atoms with Crippen molar-refractivity contribution in [3.05, 3.63) is 45.3 Å². The van der Waals surface area contributed by atoms with Crippen molar-refractivity contribution in [2.24, 2.45) is 0 Å².